The molecule has 2 aliphatic rings. The molecule has 1 unspecified atom stereocenters. The number of methoxy groups -OCH3 is 2. The van der Waals surface area contributed by atoms with Crippen LogP contribution in [0.4, 0.5) is 0 Å². The zero-order chi connectivity index (χ0) is 20.5. The number of nitrogens with one attached hydrogen (secondary N) is 1. The fraction of sp³-hybridized carbons (Fsp3) is 0.308. The summed E-state index contributed by atoms with van der Waals surface area (Å²) in [5.74, 6) is 2.42. The van der Waals surface area contributed by atoms with Gasteiger partial charge in [-0.1, -0.05) is 48.5 Å². The Bertz CT molecular complexity index is 1010. The number of nitrogens with zero attached hydrogens (tertiary/aromatic N) is 1. The van der Waals surface area contributed by atoms with Crippen molar-refractivity contribution in [3.05, 3.63) is 83.9 Å². The van der Waals surface area contributed by atoms with E-state index in [2.05, 4.69) is 64.8 Å². The predicted octanol–water partition coefficient (Wildman–Crippen LogP) is 4.31. The minimum Gasteiger partial charge on any atom is -0.497 e. The van der Waals surface area contributed by atoms with Gasteiger partial charge in [-0.25, -0.2) is 0 Å². The molecule has 3 atom stereocenters. The quantitative estimate of drug-likeness (QED) is 0.669. The van der Waals surface area contributed by atoms with Crippen molar-refractivity contribution in [2.75, 3.05) is 27.3 Å². The molecule has 4 nitrogen and oxygen atoms in total. The van der Waals surface area contributed by atoms with Gasteiger partial charge in [-0.2, -0.15) is 0 Å². The lowest BCUT2D eigenvalue weighted by Crippen LogP contribution is -2.72. The van der Waals surface area contributed by atoms with Crippen LogP contribution in [0.15, 0.2) is 72.8 Å². The zero-order valence-electron chi connectivity index (χ0n) is 17.5. The number of benzene rings is 3. The SMILES string of the molecule is COc1cccc(CN2[C@@H]3CNC[C@H]2C3c2ccc(-c3cccc(OC)c3)cc2)c1. The molecule has 2 saturated heterocycles. The lowest BCUT2D eigenvalue weighted by atomic mass is 9.72. The summed E-state index contributed by atoms with van der Waals surface area (Å²) in [6.07, 6.45) is 0. The van der Waals surface area contributed by atoms with Gasteiger partial charge in [0, 0.05) is 37.6 Å². The summed E-state index contributed by atoms with van der Waals surface area (Å²) >= 11 is 0. The summed E-state index contributed by atoms with van der Waals surface area (Å²) in [6.45, 7) is 3.07. The van der Waals surface area contributed by atoms with Crippen LogP contribution in [0.3, 0.4) is 0 Å². The van der Waals surface area contributed by atoms with Crippen LogP contribution in [-0.2, 0) is 6.54 Å². The Morgan fingerprint density at radius 3 is 2.17 bits per heavy atom. The van der Waals surface area contributed by atoms with Crippen LogP contribution >= 0.6 is 0 Å². The number of piperidine rings is 1. The highest BCUT2D eigenvalue weighted by atomic mass is 16.5. The normalized spacial score (nSPS) is 22.9. The fourth-order valence-corrected chi connectivity index (χ4v) is 5.04. The van der Waals surface area contributed by atoms with Gasteiger partial charge < -0.3 is 14.8 Å². The van der Waals surface area contributed by atoms with E-state index in [1.165, 1.54) is 22.3 Å². The molecule has 2 bridgehead atoms. The van der Waals surface area contributed by atoms with Crippen molar-refractivity contribution < 1.29 is 9.47 Å². The van der Waals surface area contributed by atoms with Gasteiger partial charge in [0.1, 0.15) is 11.5 Å². The molecular formula is C26H28N2O2. The highest BCUT2D eigenvalue weighted by Crippen LogP contribution is 2.44. The first-order chi connectivity index (χ1) is 14.8. The minimum absolute atomic E-state index is 0.539. The number of hydrogen-bond acceptors (Lipinski definition) is 4. The van der Waals surface area contributed by atoms with Gasteiger partial charge in [0.15, 0.2) is 0 Å². The van der Waals surface area contributed by atoms with Gasteiger partial charge in [-0.3, -0.25) is 4.90 Å². The van der Waals surface area contributed by atoms with Crippen LogP contribution in [-0.4, -0.2) is 44.3 Å². The van der Waals surface area contributed by atoms with E-state index in [1.54, 1.807) is 14.2 Å². The Kier molecular flexibility index (Phi) is 5.19. The third-order valence-electron chi connectivity index (χ3n) is 6.59. The molecule has 0 radical (unpaired) electrons. The molecule has 2 heterocycles. The predicted molar refractivity (Wildman–Crippen MR) is 120 cm³/mol. The van der Waals surface area contributed by atoms with Crippen LogP contribution in [0.5, 0.6) is 11.5 Å². The van der Waals surface area contributed by atoms with Crippen molar-refractivity contribution in [3.63, 3.8) is 0 Å². The largest absolute Gasteiger partial charge is 0.497 e. The van der Waals surface area contributed by atoms with Gasteiger partial charge in [0.25, 0.3) is 0 Å². The molecule has 0 amide bonds. The van der Waals surface area contributed by atoms with Crippen LogP contribution in [0.2, 0.25) is 0 Å². The number of rotatable bonds is 6. The van der Waals surface area contributed by atoms with Crippen molar-refractivity contribution in [3.8, 4) is 22.6 Å². The van der Waals surface area contributed by atoms with Gasteiger partial charge in [0.05, 0.1) is 14.2 Å². The Balaban J connectivity index is 1.32. The molecule has 0 spiro atoms. The first kappa shape index (κ1) is 19.2. The van der Waals surface area contributed by atoms with Gasteiger partial charge >= 0.3 is 0 Å². The van der Waals surface area contributed by atoms with E-state index in [0.717, 1.165) is 31.1 Å². The van der Waals surface area contributed by atoms with E-state index in [0.29, 0.717) is 18.0 Å². The topological polar surface area (TPSA) is 33.7 Å². The lowest BCUT2D eigenvalue weighted by molar-refractivity contribution is -0.0483. The Morgan fingerprint density at radius 2 is 1.47 bits per heavy atom. The maximum Gasteiger partial charge on any atom is 0.119 e. The smallest absolute Gasteiger partial charge is 0.119 e. The van der Waals surface area contributed by atoms with E-state index in [-0.39, 0.29) is 0 Å². The highest BCUT2D eigenvalue weighted by Gasteiger charge is 2.50. The second-order valence-electron chi connectivity index (χ2n) is 8.20. The molecule has 3 aromatic rings. The zero-order valence-corrected chi connectivity index (χ0v) is 17.5. The summed E-state index contributed by atoms with van der Waals surface area (Å²) in [4.78, 5) is 2.64. The Morgan fingerprint density at radius 1 is 0.800 bits per heavy atom. The first-order valence-electron chi connectivity index (χ1n) is 10.6. The lowest BCUT2D eigenvalue weighted by Gasteiger charge is -2.59. The minimum atomic E-state index is 0.539. The van der Waals surface area contributed by atoms with Crippen molar-refractivity contribution >= 4 is 0 Å². The molecule has 3 aromatic carbocycles. The highest BCUT2D eigenvalue weighted by molar-refractivity contribution is 5.65. The average Bonchev–Trinajstić information content (AvgIpc) is 2.83. The molecular weight excluding hydrogens is 372 g/mol. The number of fused-ring (bicyclic) bond motifs is 2. The summed E-state index contributed by atoms with van der Waals surface area (Å²) < 4.78 is 10.8. The standard InChI is InChI=1S/C26H28N2O2/c1-29-22-7-3-5-18(13-22)17-28-24-15-27-16-25(28)26(24)20-11-9-19(10-12-20)21-6-4-8-23(14-21)30-2/h3-14,24-27H,15-17H2,1-2H3/t24-,25+,26?. The number of hydrogen-bond donors (Lipinski definition) is 1. The van der Waals surface area contributed by atoms with Crippen LogP contribution in [0.25, 0.3) is 11.1 Å². The maximum absolute atomic E-state index is 5.40. The van der Waals surface area contributed by atoms with Gasteiger partial charge in [-0.15, -0.1) is 0 Å². The van der Waals surface area contributed by atoms with Crippen LogP contribution in [0.1, 0.15) is 17.0 Å². The molecule has 0 aliphatic carbocycles. The van der Waals surface area contributed by atoms with Gasteiger partial charge in [0.2, 0.25) is 0 Å². The maximum atomic E-state index is 5.40. The van der Waals surface area contributed by atoms with E-state index < -0.39 is 0 Å². The Labute approximate surface area is 178 Å². The second-order valence-corrected chi connectivity index (χ2v) is 8.20. The molecule has 0 saturated carbocycles. The molecule has 30 heavy (non-hydrogen) atoms. The monoisotopic (exact) mass is 400 g/mol. The number of ether oxygens (including phenoxy) is 2. The first-order valence-corrected chi connectivity index (χ1v) is 10.6. The molecule has 4 heteroatoms. The summed E-state index contributed by atoms with van der Waals surface area (Å²) in [5, 5.41) is 3.59. The molecule has 5 rings (SSSR count). The van der Waals surface area contributed by atoms with Gasteiger partial charge in [-0.05, 0) is 46.5 Å². The van der Waals surface area contributed by atoms with Crippen LogP contribution in [0, 0.1) is 0 Å². The van der Waals surface area contributed by atoms with Crippen molar-refractivity contribution in [1.29, 1.82) is 0 Å². The molecule has 0 aromatic heterocycles. The molecule has 2 aliphatic heterocycles. The van der Waals surface area contributed by atoms with E-state index >= 15 is 0 Å². The van der Waals surface area contributed by atoms with Crippen LogP contribution < -0.4 is 14.8 Å². The van der Waals surface area contributed by atoms with Crippen molar-refractivity contribution in [1.82, 2.24) is 10.2 Å². The van der Waals surface area contributed by atoms with Crippen molar-refractivity contribution in [2.45, 2.75) is 24.5 Å². The molecule has 154 valence electrons. The average molecular weight is 401 g/mol. The molecule has 2 fully saturated rings. The third-order valence-corrected chi connectivity index (χ3v) is 6.59. The number of piperazine rings is 1. The molecule has 1 N–H and O–H groups in total. The summed E-state index contributed by atoms with van der Waals surface area (Å²) in [7, 11) is 3.44. The fourth-order valence-electron chi connectivity index (χ4n) is 5.04. The Hall–Kier alpha value is -2.82. The summed E-state index contributed by atoms with van der Waals surface area (Å²) in [5.41, 5.74) is 5.18. The summed E-state index contributed by atoms with van der Waals surface area (Å²) in [6, 6.07) is 26.9. The van der Waals surface area contributed by atoms with E-state index in [1.807, 2.05) is 18.2 Å². The second kappa shape index (κ2) is 8.13. The van der Waals surface area contributed by atoms with E-state index in [4.69, 9.17) is 9.47 Å². The van der Waals surface area contributed by atoms with Crippen molar-refractivity contribution in [2.24, 2.45) is 0 Å². The van der Waals surface area contributed by atoms with E-state index in [9.17, 15) is 0 Å². The third kappa shape index (κ3) is 3.47.